The van der Waals surface area contributed by atoms with E-state index in [0.29, 0.717) is 11.3 Å². The van der Waals surface area contributed by atoms with Gasteiger partial charge in [-0.2, -0.15) is 0 Å². The SMILES string of the molecule is Cc1ccc2ncc(C=NC(=O)c3cccc(N)c3)n2c1. The van der Waals surface area contributed by atoms with E-state index >= 15 is 0 Å². The molecule has 1 aromatic carbocycles. The zero-order valence-corrected chi connectivity index (χ0v) is 11.5. The van der Waals surface area contributed by atoms with Crippen LogP contribution in [0.2, 0.25) is 0 Å². The molecule has 21 heavy (non-hydrogen) atoms. The fourth-order valence-electron chi connectivity index (χ4n) is 2.07. The number of aromatic nitrogens is 2. The number of anilines is 1. The largest absolute Gasteiger partial charge is 0.399 e. The lowest BCUT2D eigenvalue weighted by Crippen LogP contribution is -1.99. The molecule has 0 fully saturated rings. The van der Waals surface area contributed by atoms with Gasteiger partial charge in [-0.15, -0.1) is 0 Å². The van der Waals surface area contributed by atoms with E-state index in [1.807, 2.05) is 29.7 Å². The molecule has 0 saturated heterocycles. The first kappa shape index (κ1) is 13.1. The minimum absolute atomic E-state index is 0.329. The third-order valence-electron chi connectivity index (χ3n) is 3.13. The molecule has 0 unspecified atom stereocenters. The smallest absolute Gasteiger partial charge is 0.277 e. The number of pyridine rings is 1. The number of hydrogen-bond donors (Lipinski definition) is 1. The highest BCUT2D eigenvalue weighted by Gasteiger charge is 2.05. The van der Waals surface area contributed by atoms with Gasteiger partial charge >= 0.3 is 0 Å². The number of rotatable bonds is 2. The second-order valence-corrected chi connectivity index (χ2v) is 4.81. The van der Waals surface area contributed by atoms with Crippen LogP contribution in [0.1, 0.15) is 21.6 Å². The van der Waals surface area contributed by atoms with Crippen LogP contribution in [0, 0.1) is 6.92 Å². The molecule has 2 N–H and O–H groups in total. The average Bonchev–Trinajstić information content (AvgIpc) is 2.87. The third kappa shape index (κ3) is 2.67. The van der Waals surface area contributed by atoms with Crippen molar-refractivity contribution in [1.29, 1.82) is 0 Å². The Labute approximate surface area is 121 Å². The number of aryl methyl sites for hydroxylation is 1. The molecule has 5 heteroatoms. The predicted molar refractivity (Wildman–Crippen MR) is 82.7 cm³/mol. The van der Waals surface area contributed by atoms with Gasteiger partial charge in [-0.3, -0.25) is 9.20 Å². The maximum absolute atomic E-state index is 12.0. The molecule has 1 amide bonds. The van der Waals surface area contributed by atoms with Gasteiger partial charge in [0.15, 0.2) is 0 Å². The number of benzene rings is 1. The van der Waals surface area contributed by atoms with E-state index in [1.54, 1.807) is 30.5 Å². The predicted octanol–water partition coefficient (Wildman–Crippen LogP) is 2.48. The Morgan fingerprint density at radius 1 is 1.33 bits per heavy atom. The standard InChI is InChI=1S/C16H14N4O/c1-11-5-6-15-18-8-14(20(15)10-11)9-19-16(21)12-3-2-4-13(17)7-12/h2-10H,17H2,1H3. The molecule has 0 bridgehead atoms. The van der Waals surface area contributed by atoms with E-state index in [9.17, 15) is 4.79 Å². The summed E-state index contributed by atoms with van der Waals surface area (Å²) in [6, 6.07) is 10.7. The van der Waals surface area contributed by atoms with Crippen LogP contribution in [-0.4, -0.2) is 21.5 Å². The van der Waals surface area contributed by atoms with E-state index in [2.05, 4.69) is 9.98 Å². The molecule has 0 atom stereocenters. The maximum atomic E-state index is 12.0. The van der Waals surface area contributed by atoms with Crippen molar-refractivity contribution >= 4 is 23.5 Å². The summed E-state index contributed by atoms with van der Waals surface area (Å²) in [5.41, 5.74) is 9.35. The summed E-state index contributed by atoms with van der Waals surface area (Å²) in [4.78, 5) is 20.3. The van der Waals surface area contributed by atoms with Gasteiger partial charge in [0.1, 0.15) is 5.65 Å². The number of fused-ring (bicyclic) bond motifs is 1. The van der Waals surface area contributed by atoms with E-state index < -0.39 is 0 Å². The summed E-state index contributed by atoms with van der Waals surface area (Å²) in [6.07, 6.45) is 5.16. The van der Waals surface area contributed by atoms with E-state index in [-0.39, 0.29) is 5.91 Å². The molecule has 104 valence electrons. The van der Waals surface area contributed by atoms with Gasteiger partial charge in [0.25, 0.3) is 5.91 Å². The molecule has 3 rings (SSSR count). The normalized spacial score (nSPS) is 11.3. The van der Waals surface area contributed by atoms with Gasteiger partial charge in [-0.25, -0.2) is 9.98 Å². The summed E-state index contributed by atoms with van der Waals surface area (Å²) in [5, 5.41) is 0. The van der Waals surface area contributed by atoms with E-state index in [4.69, 9.17) is 5.73 Å². The van der Waals surface area contributed by atoms with Gasteiger partial charge in [0.05, 0.1) is 18.1 Å². The van der Waals surface area contributed by atoms with Crippen molar-refractivity contribution in [1.82, 2.24) is 9.38 Å². The first-order chi connectivity index (χ1) is 10.1. The highest BCUT2D eigenvalue weighted by atomic mass is 16.1. The minimum atomic E-state index is -0.329. The summed E-state index contributed by atoms with van der Waals surface area (Å²) >= 11 is 0. The number of amides is 1. The quantitative estimate of drug-likeness (QED) is 0.578. The maximum Gasteiger partial charge on any atom is 0.277 e. The molecule has 0 saturated carbocycles. The van der Waals surface area contributed by atoms with Crippen LogP contribution in [0.15, 0.2) is 53.8 Å². The summed E-state index contributed by atoms with van der Waals surface area (Å²) in [6.45, 7) is 2.00. The molecule has 0 radical (unpaired) electrons. The zero-order valence-electron chi connectivity index (χ0n) is 11.5. The molecule has 0 spiro atoms. The number of nitrogens with zero attached hydrogens (tertiary/aromatic N) is 3. The van der Waals surface area contributed by atoms with Crippen LogP contribution in [-0.2, 0) is 0 Å². The van der Waals surface area contributed by atoms with Crippen LogP contribution in [0.3, 0.4) is 0 Å². The van der Waals surface area contributed by atoms with Crippen LogP contribution in [0.4, 0.5) is 5.69 Å². The molecule has 0 aliphatic heterocycles. The number of carbonyl (C=O) groups excluding carboxylic acids is 1. The number of carbonyl (C=O) groups is 1. The van der Waals surface area contributed by atoms with Crippen LogP contribution in [0.25, 0.3) is 5.65 Å². The molecule has 0 aliphatic carbocycles. The fraction of sp³-hybridized carbons (Fsp3) is 0.0625. The topological polar surface area (TPSA) is 72.8 Å². The molecule has 5 nitrogen and oxygen atoms in total. The summed E-state index contributed by atoms with van der Waals surface area (Å²) in [7, 11) is 0. The molecule has 0 aliphatic rings. The van der Waals surface area contributed by atoms with Crippen molar-refractivity contribution in [2.45, 2.75) is 6.92 Å². The Morgan fingerprint density at radius 3 is 3.00 bits per heavy atom. The highest BCUT2D eigenvalue weighted by molar-refractivity contribution is 6.01. The van der Waals surface area contributed by atoms with Gasteiger partial charge in [-0.1, -0.05) is 12.1 Å². The highest BCUT2D eigenvalue weighted by Crippen LogP contribution is 2.09. The number of nitrogen functional groups attached to an aromatic ring is 1. The lowest BCUT2D eigenvalue weighted by molar-refractivity contribution is 0.100. The van der Waals surface area contributed by atoms with Crippen molar-refractivity contribution in [2.24, 2.45) is 4.99 Å². The number of hydrogen-bond acceptors (Lipinski definition) is 3. The summed E-state index contributed by atoms with van der Waals surface area (Å²) in [5.74, 6) is -0.329. The van der Waals surface area contributed by atoms with Gasteiger partial charge in [0.2, 0.25) is 0 Å². The van der Waals surface area contributed by atoms with Gasteiger partial charge in [-0.05, 0) is 36.8 Å². The van der Waals surface area contributed by atoms with E-state index in [1.165, 1.54) is 6.21 Å². The lowest BCUT2D eigenvalue weighted by atomic mass is 10.2. The van der Waals surface area contributed by atoms with Crippen molar-refractivity contribution < 1.29 is 4.79 Å². The average molecular weight is 278 g/mol. The second kappa shape index (κ2) is 5.20. The first-order valence-electron chi connectivity index (χ1n) is 6.51. The number of nitrogens with two attached hydrogens (primary N) is 1. The van der Waals surface area contributed by atoms with Crippen molar-refractivity contribution in [3.05, 3.63) is 65.6 Å². The second-order valence-electron chi connectivity index (χ2n) is 4.81. The van der Waals surface area contributed by atoms with Crippen LogP contribution < -0.4 is 5.73 Å². The molecular weight excluding hydrogens is 264 g/mol. The Bertz CT molecular complexity index is 848. The Hall–Kier alpha value is -2.95. The van der Waals surface area contributed by atoms with Gasteiger partial charge < -0.3 is 5.73 Å². The van der Waals surface area contributed by atoms with Gasteiger partial charge in [0, 0.05) is 17.4 Å². The van der Waals surface area contributed by atoms with Crippen LogP contribution in [0.5, 0.6) is 0 Å². The van der Waals surface area contributed by atoms with Crippen molar-refractivity contribution in [2.75, 3.05) is 5.73 Å². The third-order valence-corrected chi connectivity index (χ3v) is 3.13. The van der Waals surface area contributed by atoms with Crippen molar-refractivity contribution in [3.63, 3.8) is 0 Å². The molecule has 2 heterocycles. The monoisotopic (exact) mass is 278 g/mol. The molecular formula is C16H14N4O. The number of imidazole rings is 1. The van der Waals surface area contributed by atoms with Crippen molar-refractivity contribution in [3.8, 4) is 0 Å². The Morgan fingerprint density at radius 2 is 2.19 bits per heavy atom. The van der Waals surface area contributed by atoms with Crippen LogP contribution >= 0.6 is 0 Å². The minimum Gasteiger partial charge on any atom is -0.399 e. The first-order valence-corrected chi connectivity index (χ1v) is 6.51. The molecule has 2 aromatic heterocycles. The molecule has 3 aromatic rings. The lowest BCUT2D eigenvalue weighted by Gasteiger charge is -1.99. The fourth-order valence-corrected chi connectivity index (χ4v) is 2.07. The summed E-state index contributed by atoms with van der Waals surface area (Å²) < 4.78 is 1.89. The zero-order chi connectivity index (χ0) is 14.8. The van der Waals surface area contributed by atoms with E-state index in [0.717, 1.165) is 16.9 Å². The Kier molecular flexibility index (Phi) is 3.23. The number of aliphatic imine (C=N–C) groups is 1. The Balaban J connectivity index is 1.91.